The first-order valence-electron chi connectivity index (χ1n) is 10.6. The molecule has 3 aromatic rings. The molecule has 2 heterocycles. The number of carboxylic acids is 1. The Balaban J connectivity index is 1.63. The maximum atomic E-state index is 11.3. The highest BCUT2D eigenvalue weighted by Crippen LogP contribution is 2.34. The SMILES string of the molecule is CCC(c1ccccc1)C1CCCN1Cc1nc2cc(C(=O)O)ccc2n1CC. The molecule has 0 radical (unpaired) electrons. The lowest BCUT2D eigenvalue weighted by Gasteiger charge is -2.31. The number of carbonyl (C=O) groups is 1. The lowest BCUT2D eigenvalue weighted by Crippen LogP contribution is -2.34. The maximum absolute atomic E-state index is 11.3. The van der Waals surface area contributed by atoms with E-state index < -0.39 is 5.97 Å². The van der Waals surface area contributed by atoms with E-state index in [2.05, 4.69) is 53.6 Å². The number of benzene rings is 2. The summed E-state index contributed by atoms with van der Waals surface area (Å²) >= 11 is 0. The summed E-state index contributed by atoms with van der Waals surface area (Å²) in [5, 5.41) is 9.30. The molecule has 152 valence electrons. The molecule has 1 aliphatic rings. The van der Waals surface area contributed by atoms with Gasteiger partial charge >= 0.3 is 5.97 Å². The molecule has 0 spiro atoms. The van der Waals surface area contributed by atoms with E-state index in [1.807, 2.05) is 6.07 Å². The highest BCUT2D eigenvalue weighted by Gasteiger charge is 2.32. The third kappa shape index (κ3) is 3.79. The predicted molar refractivity (Wildman–Crippen MR) is 115 cm³/mol. The van der Waals surface area contributed by atoms with Crippen LogP contribution >= 0.6 is 0 Å². The Hall–Kier alpha value is -2.66. The standard InChI is InChI=1S/C24H29N3O2/c1-3-19(17-9-6-5-7-10-17)21-11-8-14-26(21)16-23-25-20-15-18(24(28)29)12-13-22(20)27(23)4-2/h5-7,9-10,12-13,15,19,21H,3-4,8,11,14,16H2,1-2H3,(H,28,29). The minimum atomic E-state index is -0.909. The number of aryl methyl sites for hydroxylation is 1. The Kier molecular flexibility index (Phi) is 5.67. The molecule has 0 aliphatic carbocycles. The molecule has 5 heteroatoms. The maximum Gasteiger partial charge on any atom is 0.335 e. The van der Waals surface area contributed by atoms with E-state index >= 15 is 0 Å². The summed E-state index contributed by atoms with van der Waals surface area (Å²) in [6.07, 6.45) is 3.55. The fraction of sp³-hybridized carbons (Fsp3) is 0.417. The van der Waals surface area contributed by atoms with Crippen molar-refractivity contribution in [3.05, 3.63) is 65.5 Å². The van der Waals surface area contributed by atoms with Crippen LogP contribution in [0.2, 0.25) is 0 Å². The molecule has 5 nitrogen and oxygen atoms in total. The van der Waals surface area contributed by atoms with Crippen LogP contribution in [-0.2, 0) is 13.1 Å². The lowest BCUT2D eigenvalue weighted by molar-refractivity contribution is 0.0697. The van der Waals surface area contributed by atoms with Crippen molar-refractivity contribution in [1.82, 2.24) is 14.5 Å². The summed E-state index contributed by atoms with van der Waals surface area (Å²) in [6.45, 7) is 7.12. The van der Waals surface area contributed by atoms with Crippen molar-refractivity contribution < 1.29 is 9.90 Å². The zero-order valence-corrected chi connectivity index (χ0v) is 17.2. The number of hydrogen-bond acceptors (Lipinski definition) is 3. The Bertz CT molecular complexity index is 996. The second-order valence-electron chi connectivity index (χ2n) is 7.89. The van der Waals surface area contributed by atoms with Gasteiger partial charge in [-0.3, -0.25) is 4.90 Å². The molecule has 4 rings (SSSR count). The second kappa shape index (κ2) is 8.37. The molecular weight excluding hydrogens is 362 g/mol. The molecule has 0 bridgehead atoms. The fourth-order valence-electron chi connectivity index (χ4n) is 4.90. The first kappa shape index (κ1) is 19.6. The molecule has 1 saturated heterocycles. The zero-order valence-electron chi connectivity index (χ0n) is 17.2. The number of fused-ring (bicyclic) bond motifs is 1. The van der Waals surface area contributed by atoms with Gasteiger partial charge in [-0.05, 0) is 62.4 Å². The average molecular weight is 392 g/mol. The molecule has 1 N–H and O–H groups in total. The molecule has 2 aromatic carbocycles. The van der Waals surface area contributed by atoms with Gasteiger partial charge in [0.05, 0.1) is 23.1 Å². The van der Waals surface area contributed by atoms with Crippen molar-refractivity contribution >= 4 is 17.0 Å². The van der Waals surface area contributed by atoms with Crippen molar-refractivity contribution in [2.24, 2.45) is 0 Å². The van der Waals surface area contributed by atoms with Crippen LogP contribution in [0.4, 0.5) is 0 Å². The molecule has 29 heavy (non-hydrogen) atoms. The van der Waals surface area contributed by atoms with Crippen LogP contribution in [-0.4, -0.2) is 38.1 Å². The summed E-state index contributed by atoms with van der Waals surface area (Å²) in [4.78, 5) is 18.7. The quantitative estimate of drug-likeness (QED) is 0.621. The van der Waals surface area contributed by atoms with Crippen molar-refractivity contribution in [3.8, 4) is 0 Å². The van der Waals surface area contributed by atoms with E-state index in [-0.39, 0.29) is 0 Å². The molecule has 2 unspecified atom stereocenters. The molecule has 0 amide bonds. The van der Waals surface area contributed by atoms with Gasteiger partial charge in [0.25, 0.3) is 0 Å². The highest BCUT2D eigenvalue weighted by atomic mass is 16.4. The minimum absolute atomic E-state index is 0.291. The van der Waals surface area contributed by atoms with Crippen molar-refractivity contribution in [3.63, 3.8) is 0 Å². The van der Waals surface area contributed by atoms with Crippen molar-refractivity contribution in [2.45, 2.75) is 58.2 Å². The van der Waals surface area contributed by atoms with Gasteiger partial charge in [0.1, 0.15) is 5.82 Å². The second-order valence-corrected chi connectivity index (χ2v) is 7.89. The first-order chi connectivity index (χ1) is 14.1. The number of hydrogen-bond donors (Lipinski definition) is 1. The average Bonchev–Trinajstić information content (AvgIpc) is 3.33. The summed E-state index contributed by atoms with van der Waals surface area (Å²) in [5.74, 6) is 0.643. The molecular formula is C24H29N3O2. The van der Waals surface area contributed by atoms with Gasteiger partial charge in [-0.1, -0.05) is 37.3 Å². The number of nitrogens with zero attached hydrogens (tertiary/aromatic N) is 3. The van der Waals surface area contributed by atoms with Crippen LogP contribution in [0, 0.1) is 0 Å². The smallest absolute Gasteiger partial charge is 0.335 e. The first-order valence-corrected chi connectivity index (χ1v) is 10.6. The third-order valence-electron chi connectivity index (χ3n) is 6.28. The van der Waals surface area contributed by atoms with E-state index in [9.17, 15) is 9.90 Å². The fourth-order valence-corrected chi connectivity index (χ4v) is 4.90. The van der Waals surface area contributed by atoms with Gasteiger partial charge in [0, 0.05) is 12.6 Å². The van der Waals surface area contributed by atoms with Crippen LogP contribution < -0.4 is 0 Å². The zero-order chi connectivity index (χ0) is 20.4. The number of imidazole rings is 1. The van der Waals surface area contributed by atoms with E-state index in [1.165, 1.54) is 18.4 Å². The topological polar surface area (TPSA) is 58.4 Å². The number of aromatic carboxylic acids is 1. The number of carboxylic acid groups (broad SMARTS) is 1. The summed E-state index contributed by atoms with van der Waals surface area (Å²) < 4.78 is 2.22. The normalized spacial score (nSPS) is 18.3. The van der Waals surface area contributed by atoms with Gasteiger partial charge in [0.15, 0.2) is 0 Å². The number of likely N-dealkylation sites (tertiary alicyclic amines) is 1. The molecule has 2 atom stereocenters. The summed E-state index contributed by atoms with van der Waals surface area (Å²) in [6, 6.07) is 16.6. The van der Waals surface area contributed by atoms with Crippen LogP contribution in [0.15, 0.2) is 48.5 Å². The van der Waals surface area contributed by atoms with Gasteiger partial charge in [-0.15, -0.1) is 0 Å². The van der Waals surface area contributed by atoms with Crippen LogP contribution in [0.25, 0.3) is 11.0 Å². The molecule has 0 saturated carbocycles. The monoisotopic (exact) mass is 391 g/mol. The summed E-state index contributed by atoms with van der Waals surface area (Å²) in [5.41, 5.74) is 3.49. The van der Waals surface area contributed by atoms with Gasteiger partial charge in [-0.25, -0.2) is 9.78 Å². The van der Waals surface area contributed by atoms with E-state index in [4.69, 9.17) is 4.98 Å². The van der Waals surface area contributed by atoms with Crippen molar-refractivity contribution in [2.75, 3.05) is 6.54 Å². The molecule has 1 fully saturated rings. The van der Waals surface area contributed by atoms with E-state index in [1.54, 1.807) is 12.1 Å². The summed E-state index contributed by atoms with van der Waals surface area (Å²) in [7, 11) is 0. The van der Waals surface area contributed by atoms with Gasteiger partial charge in [-0.2, -0.15) is 0 Å². The van der Waals surface area contributed by atoms with Gasteiger partial charge < -0.3 is 9.67 Å². The molecule has 1 aromatic heterocycles. The molecule has 1 aliphatic heterocycles. The predicted octanol–water partition coefficient (Wildman–Crippen LogP) is 4.91. The Morgan fingerprint density at radius 3 is 2.69 bits per heavy atom. The lowest BCUT2D eigenvalue weighted by atomic mass is 9.87. The van der Waals surface area contributed by atoms with E-state index in [0.717, 1.165) is 42.9 Å². The largest absolute Gasteiger partial charge is 0.478 e. The van der Waals surface area contributed by atoms with Crippen LogP contribution in [0.3, 0.4) is 0 Å². The van der Waals surface area contributed by atoms with Crippen LogP contribution in [0.5, 0.6) is 0 Å². The highest BCUT2D eigenvalue weighted by molar-refractivity contribution is 5.92. The van der Waals surface area contributed by atoms with Crippen molar-refractivity contribution in [1.29, 1.82) is 0 Å². The van der Waals surface area contributed by atoms with Crippen LogP contribution in [0.1, 0.15) is 60.8 Å². The Labute approximate surface area is 172 Å². The number of aromatic nitrogens is 2. The minimum Gasteiger partial charge on any atom is -0.478 e. The Morgan fingerprint density at radius 1 is 1.21 bits per heavy atom. The van der Waals surface area contributed by atoms with E-state index in [0.29, 0.717) is 17.5 Å². The third-order valence-corrected chi connectivity index (χ3v) is 6.28. The van der Waals surface area contributed by atoms with Gasteiger partial charge in [0.2, 0.25) is 0 Å². The Morgan fingerprint density at radius 2 is 2.00 bits per heavy atom. The number of rotatable bonds is 7.